The zero-order chi connectivity index (χ0) is 17.6. The molecule has 0 saturated heterocycles. The molecular weight excluding hydrogens is 312 g/mol. The predicted molar refractivity (Wildman–Crippen MR) is 101 cm³/mol. The lowest BCUT2D eigenvalue weighted by atomic mass is 9.95. The minimum atomic E-state index is 0.489. The lowest BCUT2D eigenvalue weighted by molar-refractivity contribution is 0.301. The van der Waals surface area contributed by atoms with Gasteiger partial charge in [-0.15, -0.1) is 0 Å². The standard InChI is InChI=1S/C21H26N2O2/c1-4-23(5-2)13-7-9-17-18-8-6-12-22-20(18)15-25-21-11-10-16(24-3)14-19(17)21/h6,8-12,14H,4-5,7,13,15H2,1-3H3/b17-9-. The third-order valence-corrected chi connectivity index (χ3v) is 4.71. The highest BCUT2D eigenvalue weighted by Gasteiger charge is 2.20. The van der Waals surface area contributed by atoms with Crippen LogP contribution in [0.1, 0.15) is 37.1 Å². The first kappa shape index (κ1) is 17.5. The molecule has 2 aromatic rings. The van der Waals surface area contributed by atoms with Gasteiger partial charge in [-0.3, -0.25) is 4.98 Å². The SMILES string of the molecule is CCN(CC)CC/C=C1\c2cc(OC)ccc2OCc2ncccc21. The van der Waals surface area contributed by atoms with Gasteiger partial charge in [-0.1, -0.05) is 26.0 Å². The van der Waals surface area contributed by atoms with E-state index in [1.165, 1.54) is 5.57 Å². The van der Waals surface area contributed by atoms with Gasteiger partial charge in [-0.25, -0.2) is 0 Å². The Morgan fingerprint density at radius 2 is 2.04 bits per heavy atom. The molecule has 2 heterocycles. The van der Waals surface area contributed by atoms with Gasteiger partial charge in [0.05, 0.1) is 12.8 Å². The van der Waals surface area contributed by atoms with Gasteiger partial charge in [0.25, 0.3) is 0 Å². The molecule has 3 rings (SSSR count). The summed E-state index contributed by atoms with van der Waals surface area (Å²) in [7, 11) is 1.69. The van der Waals surface area contributed by atoms with E-state index < -0.39 is 0 Å². The van der Waals surface area contributed by atoms with Crippen molar-refractivity contribution in [1.82, 2.24) is 9.88 Å². The maximum atomic E-state index is 6.01. The monoisotopic (exact) mass is 338 g/mol. The summed E-state index contributed by atoms with van der Waals surface area (Å²) in [5, 5.41) is 0. The lowest BCUT2D eigenvalue weighted by Gasteiger charge is -2.17. The van der Waals surface area contributed by atoms with Gasteiger partial charge in [-0.2, -0.15) is 0 Å². The van der Waals surface area contributed by atoms with Crippen molar-refractivity contribution in [2.24, 2.45) is 0 Å². The van der Waals surface area contributed by atoms with Crippen molar-refractivity contribution < 1.29 is 9.47 Å². The number of ether oxygens (including phenoxy) is 2. The van der Waals surface area contributed by atoms with Gasteiger partial charge in [0.2, 0.25) is 0 Å². The average molecular weight is 338 g/mol. The molecule has 1 aliphatic heterocycles. The first-order valence-corrected chi connectivity index (χ1v) is 8.94. The van der Waals surface area contributed by atoms with Gasteiger partial charge >= 0.3 is 0 Å². The Bertz CT molecular complexity index is 751. The molecule has 0 radical (unpaired) electrons. The number of hydrogen-bond donors (Lipinski definition) is 0. The second-order valence-electron chi connectivity index (χ2n) is 6.08. The molecule has 0 aliphatic carbocycles. The molecule has 25 heavy (non-hydrogen) atoms. The average Bonchev–Trinajstić information content (AvgIpc) is 2.82. The maximum Gasteiger partial charge on any atom is 0.131 e. The van der Waals surface area contributed by atoms with Crippen molar-refractivity contribution in [3.05, 3.63) is 59.4 Å². The molecule has 132 valence electrons. The molecule has 1 aliphatic rings. The normalized spacial score (nSPS) is 14.6. The highest BCUT2D eigenvalue weighted by Crippen LogP contribution is 2.38. The van der Waals surface area contributed by atoms with Gasteiger partial charge in [0, 0.05) is 23.9 Å². The molecule has 1 aromatic carbocycles. The van der Waals surface area contributed by atoms with Crippen molar-refractivity contribution >= 4 is 5.57 Å². The third-order valence-electron chi connectivity index (χ3n) is 4.71. The fourth-order valence-corrected chi connectivity index (χ4v) is 3.21. The summed E-state index contributed by atoms with van der Waals surface area (Å²) >= 11 is 0. The summed E-state index contributed by atoms with van der Waals surface area (Å²) in [6.07, 6.45) is 5.13. The van der Waals surface area contributed by atoms with E-state index in [4.69, 9.17) is 9.47 Å². The smallest absolute Gasteiger partial charge is 0.131 e. The molecule has 0 N–H and O–H groups in total. The molecule has 0 amide bonds. The van der Waals surface area contributed by atoms with E-state index in [1.54, 1.807) is 7.11 Å². The molecule has 0 atom stereocenters. The predicted octanol–water partition coefficient (Wildman–Crippen LogP) is 4.15. The fraction of sp³-hybridized carbons (Fsp3) is 0.381. The zero-order valence-corrected chi connectivity index (χ0v) is 15.3. The maximum absolute atomic E-state index is 6.01. The first-order valence-electron chi connectivity index (χ1n) is 8.94. The van der Waals surface area contributed by atoms with Crippen LogP contribution in [0.15, 0.2) is 42.6 Å². The van der Waals surface area contributed by atoms with Crippen LogP contribution in [0.3, 0.4) is 0 Å². The van der Waals surface area contributed by atoms with Gasteiger partial charge in [-0.05, 0) is 49.3 Å². The number of rotatable bonds is 6. The number of pyridine rings is 1. The highest BCUT2D eigenvalue weighted by atomic mass is 16.5. The Hall–Kier alpha value is -2.33. The van der Waals surface area contributed by atoms with Crippen LogP contribution in [0.5, 0.6) is 11.5 Å². The van der Waals surface area contributed by atoms with Crippen molar-refractivity contribution in [3.63, 3.8) is 0 Å². The molecule has 4 heteroatoms. The second-order valence-corrected chi connectivity index (χ2v) is 6.08. The molecule has 4 nitrogen and oxygen atoms in total. The zero-order valence-electron chi connectivity index (χ0n) is 15.3. The number of benzene rings is 1. The van der Waals surface area contributed by atoms with Crippen LogP contribution in [0.2, 0.25) is 0 Å². The Morgan fingerprint density at radius 3 is 2.80 bits per heavy atom. The topological polar surface area (TPSA) is 34.6 Å². The van der Waals surface area contributed by atoms with Crippen molar-refractivity contribution in [2.75, 3.05) is 26.7 Å². The Kier molecular flexibility index (Phi) is 5.71. The molecule has 0 saturated carbocycles. The van der Waals surface area contributed by atoms with Gasteiger partial charge < -0.3 is 14.4 Å². The number of fused-ring (bicyclic) bond motifs is 2. The Morgan fingerprint density at radius 1 is 1.20 bits per heavy atom. The summed E-state index contributed by atoms with van der Waals surface area (Å²) in [4.78, 5) is 6.95. The quantitative estimate of drug-likeness (QED) is 0.793. The molecule has 0 unspecified atom stereocenters. The summed E-state index contributed by atoms with van der Waals surface area (Å²) in [5.74, 6) is 1.72. The van der Waals surface area contributed by atoms with Crippen LogP contribution in [0, 0.1) is 0 Å². The Labute approximate surface area is 150 Å². The Balaban J connectivity index is 2.01. The lowest BCUT2D eigenvalue weighted by Crippen LogP contribution is -2.23. The molecule has 0 bridgehead atoms. The second kappa shape index (κ2) is 8.17. The van der Waals surface area contributed by atoms with E-state index in [9.17, 15) is 0 Å². The summed E-state index contributed by atoms with van der Waals surface area (Å²) in [5.41, 5.74) is 4.38. The van der Waals surface area contributed by atoms with E-state index in [0.29, 0.717) is 6.61 Å². The number of hydrogen-bond acceptors (Lipinski definition) is 4. The van der Waals surface area contributed by atoms with Gasteiger partial charge in [0.15, 0.2) is 0 Å². The minimum Gasteiger partial charge on any atom is -0.497 e. The van der Waals surface area contributed by atoms with Crippen molar-refractivity contribution in [3.8, 4) is 11.5 Å². The van der Waals surface area contributed by atoms with Crippen molar-refractivity contribution in [2.45, 2.75) is 26.9 Å². The van der Waals surface area contributed by atoms with E-state index >= 15 is 0 Å². The van der Waals surface area contributed by atoms with Crippen LogP contribution in [0.25, 0.3) is 5.57 Å². The van der Waals surface area contributed by atoms with Crippen LogP contribution in [-0.2, 0) is 6.61 Å². The molecular formula is C21H26N2O2. The third kappa shape index (κ3) is 3.85. The van der Waals surface area contributed by atoms with Crippen LogP contribution in [0.4, 0.5) is 0 Å². The first-order chi connectivity index (χ1) is 12.3. The summed E-state index contributed by atoms with van der Waals surface area (Å²) < 4.78 is 11.4. The molecule has 1 aromatic heterocycles. The van der Waals surface area contributed by atoms with E-state index in [-0.39, 0.29) is 0 Å². The van der Waals surface area contributed by atoms with Crippen LogP contribution >= 0.6 is 0 Å². The van der Waals surface area contributed by atoms with Crippen LogP contribution < -0.4 is 9.47 Å². The number of methoxy groups -OCH3 is 1. The number of nitrogens with zero attached hydrogens (tertiary/aromatic N) is 2. The highest BCUT2D eigenvalue weighted by molar-refractivity contribution is 5.85. The molecule has 0 fully saturated rings. The van der Waals surface area contributed by atoms with E-state index in [0.717, 1.165) is 54.4 Å². The number of aromatic nitrogens is 1. The fourth-order valence-electron chi connectivity index (χ4n) is 3.21. The van der Waals surface area contributed by atoms with Gasteiger partial charge in [0.1, 0.15) is 18.1 Å². The summed E-state index contributed by atoms with van der Waals surface area (Å²) in [6, 6.07) is 10.1. The minimum absolute atomic E-state index is 0.489. The van der Waals surface area contributed by atoms with Crippen LogP contribution in [-0.4, -0.2) is 36.6 Å². The molecule has 0 spiro atoms. The van der Waals surface area contributed by atoms with E-state index in [2.05, 4.69) is 41.9 Å². The summed E-state index contributed by atoms with van der Waals surface area (Å²) in [6.45, 7) is 8.09. The van der Waals surface area contributed by atoms with E-state index in [1.807, 2.05) is 24.4 Å². The van der Waals surface area contributed by atoms with Crippen molar-refractivity contribution in [1.29, 1.82) is 0 Å². The largest absolute Gasteiger partial charge is 0.497 e.